The molecule has 0 spiro atoms. The van der Waals surface area contributed by atoms with Gasteiger partial charge in [0, 0.05) is 10.6 Å². The lowest BCUT2D eigenvalue weighted by Gasteiger charge is -2.13. The number of ether oxygens (including phenoxy) is 2. The van der Waals surface area contributed by atoms with Crippen molar-refractivity contribution in [2.75, 3.05) is 18.5 Å². The van der Waals surface area contributed by atoms with Crippen LogP contribution in [-0.4, -0.2) is 40.1 Å². The molecular formula is C15H13ClFN3O5. The topological polar surface area (TPSA) is 103 Å². The van der Waals surface area contributed by atoms with Crippen LogP contribution in [0.2, 0.25) is 5.02 Å². The zero-order valence-corrected chi connectivity index (χ0v) is 13.4. The monoisotopic (exact) mass is 369 g/mol. The number of amides is 1. The second-order valence-corrected chi connectivity index (χ2v) is 5.56. The van der Waals surface area contributed by atoms with Gasteiger partial charge in [-0.2, -0.15) is 4.98 Å². The van der Waals surface area contributed by atoms with Crippen molar-refractivity contribution in [2.24, 2.45) is 0 Å². The summed E-state index contributed by atoms with van der Waals surface area (Å²) >= 11 is 5.80. The maximum atomic E-state index is 14.2. The van der Waals surface area contributed by atoms with E-state index >= 15 is 0 Å². The van der Waals surface area contributed by atoms with Crippen LogP contribution in [0.15, 0.2) is 35.3 Å². The van der Waals surface area contributed by atoms with Crippen molar-refractivity contribution in [2.45, 2.75) is 12.5 Å². The quantitative estimate of drug-likeness (QED) is 0.838. The first-order valence-corrected chi connectivity index (χ1v) is 7.59. The van der Waals surface area contributed by atoms with E-state index in [1.54, 1.807) is 12.1 Å². The number of aliphatic hydroxyl groups is 1. The molecule has 1 fully saturated rings. The standard InChI is InChI=1S/C15H13ClFN3O5/c16-9-3-1-2-8(4-9)14(22)18-13-10(17)5-20(15(23)19-13)11-7-24-12(6-21)25-11/h1-5,11-12,21H,6-7H2,(H,18,19,22,23)/t11-,12-/m1/s1. The van der Waals surface area contributed by atoms with E-state index in [1.807, 2.05) is 0 Å². The highest BCUT2D eigenvalue weighted by Gasteiger charge is 2.28. The van der Waals surface area contributed by atoms with E-state index in [-0.39, 0.29) is 12.2 Å². The fourth-order valence-electron chi connectivity index (χ4n) is 2.23. The van der Waals surface area contributed by atoms with Gasteiger partial charge >= 0.3 is 5.69 Å². The van der Waals surface area contributed by atoms with E-state index in [9.17, 15) is 14.0 Å². The summed E-state index contributed by atoms with van der Waals surface area (Å²) in [5.74, 6) is -2.10. The first kappa shape index (κ1) is 17.5. The highest BCUT2D eigenvalue weighted by atomic mass is 35.5. The second kappa shape index (κ2) is 7.28. The Labute approximate surface area is 145 Å². The molecular weight excluding hydrogens is 357 g/mol. The number of nitrogens with zero attached hydrogens (tertiary/aromatic N) is 2. The highest BCUT2D eigenvalue weighted by Crippen LogP contribution is 2.20. The molecule has 0 saturated carbocycles. The van der Waals surface area contributed by atoms with Crippen molar-refractivity contribution in [1.29, 1.82) is 0 Å². The number of hydrogen-bond donors (Lipinski definition) is 2. The van der Waals surface area contributed by atoms with Gasteiger partial charge in [0.2, 0.25) is 0 Å². The van der Waals surface area contributed by atoms with Crippen LogP contribution in [-0.2, 0) is 9.47 Å². The van der Waals surface area contributed by atoms with Gasteiger partial charge in [-0.1, -0.05) is 17.7 Å². The van der Waals surface area contributed by atoms with Crippen molar-refractivity contribution in [3.8, 4) is 0 Å². The van der Waals surface area contributed by atoms with Gasteiger partial charge in [0.15, 0.2) is 24.2 Å². The minimum absolute atomic E-state index is 0.0412. The Balaban J connectivity index is 1.81. The normalized spacial score (nSPS) is 19.8. The van der Waals surface area contributed by atoms with Crippen LogP contribution in [0.25, 0.3) is 0 Å². The SMILES string of the molecule is O=C(Nc1nc(=O)n([C@H]2CO[C@@H](CO)O2)cc1F)c1cccc(Cl)c1. The van der Waals surface area contributed by atoms with E-state index in [2.05, 4.69) is 10.3 Å². The Kier molecular flexibility index (Phi) is 5.09. The number of anilines is 1. The molecule has 2 atom stereocenters. The number of aromatic nitrogens is 2. The fourth-order valence-corrected chi connectivity index (χ4v) is 2.42. The number of halogens is 2. The van der Waals surface area contributed by atoms with Gasteiger partial charge in [0.05, 0.1) is 19.4 Å². The third-order valence-corrected chi connectivity index (χ3v) is 3.65. The highest BCUT2D eigenvalue weighted by molar-refractivity contribution is 6.31. The van der Waals surface area contributed by atoms with E-state index in [0.29, 0.717) is 5.02 Å². The summed E-state index contributed by atoms with van der Waals surface area (Å²) in [6, 6.07) is 6.03. The lowest BCUT2D eigenvalue weighted by atomic mass is 10.2. The molecule has 132 valence electrons. The number of benzene rings is 1. The van der Waals surface area contributed by atoms with Crippen LogP contribution in [0.1, 0.15) is 16.6 Å². The summed E-state index contributed by atoms with van der Waals surface area (Å²) in [5.41, 5.74) is -0.647. The second-order valence-electron chi connectivity index (χ2n) is 5.13. The number of aliphatic hydroxyl groups excluding tert-OH is 1. The van der Waals surface area contributed by atoms with E-state index in [4.69, 9.17) is 26.2 Å². The van der Waals surface area contributed by atoms with Gasteiger partial charge < -0.3 is 19.9 Å². The van der Waals surface area contributed by atoms with Crippen LogP contribution >= 0.6 is 11.6 Å². The lowest BCUT2D eigenvalue weighted by Crippen LogP contribution is -2.30. The van der Waals surface area contributed by atoms with Gasteiger partial charge in [-0.15, -0.1) is 0 Å². The maximum Gasteiger partial charge on any atom is 0.351 e. The molecule has 8 nitrogen and oxygen atoms in total. The number of carbonyl (C=O) groups is 1. The Morgan fingerprint density at radius 3 is 3.00 bits per heavy atom. The van der Waals surface area contributed by atoms with Crippen LogP contribution in [0, 0.1) is 5.82 Å². The van der Waals surface area contributed by atoms with Gasteiger partial charge in [0.25, 0.3) is 5.91 Å². The summed E-state index contributed by atoms with van der Waals surface area (Å²) in [5, 5.41) is 11.5. The minimum Gasteiger partial charge on any atom is -0.391 e. The average molecular weight is 370 g/mol. The summed E-state index contributed by atoms with van der Waals surface area (Å²) in [4.78, 5) is 27.7. The van der Waals surface area contributed by atoms with E-state index in [0.717, 1.165) is 10.8 Å². The molecule has 2 N–H and O–H groups in total. The van der Waals surface area contributed by atoms with Crippen LogP contribution in [0.4, 0.5) is 10.2 Å². The first-order valence-electron chi connectivity index (χ1n) is 7.21. The molecule has 1 aliphatic heterocycles. The summed E-state index contributed by atoms with van der Waals surface area (Å²) < 4.78 is 25.4. The number of hydrogen-bond acceptors (Lipinski definition) is 6. The van der Waals surface area contributed by atoms with Gasteiger partial charge in [-0.05, 0) is 18.2 Å². The van der Waals surface area contributed by atoms with Crippen molar-refractivity contribution >= 4 is 23.3 Å². The van der Waals surface area contributed by atoms with E-state index < -0.39 is 42.4 Å². The number of rotatable bonds is 4. The third kappa shape index (κ3) is 3.85. The van der Waals surface area contributed by atoms with Gasteiger partial charge in [0.1, 0.15) is 0 Å². The predicted octanol–water partition coefficient (Wildman–Crippen LogP) is 1.15. The van der Waals surface area contributed by atoms with Crippen molar-refractivity contribution in [3.05, 3.63) is 57.3 Å². The molecule has 0 bridgehead atoms. The molecule has 1 aliphatic rings. The smallest absolute Gasteiger partial charge is 0.351 e. The van der Waals surface area contributed by atoms with Crippen LogP contribution < -0.4 is 11.0 Å². The molecule has 2 heterocycles. The molecule has 2 aromatic rings. The molecule has 10 heteroatoms. The Bertz CT molecular complexity index is 859. The number of carbonyl (C=O) groups excluding carboxylic acids is 1. The summed E-state index contributed by atoms with van der Waals surface area (Å²) in [7, 11) is 0. The van der Waals surface area contributed by atoms with Gasteiger partial charge in [-0.3, -0.25) is 9.36 Å². The Morgan fingerprint density at radius 1 is 1.52 bits per heavy atom. The molecule has 1 amide bonds. The molecule has 3 rings (SSSR count). The van der Waals surface area contributed by atoms with Gasteiger partial charge in [-0.25, -0.2) is 9.18 Å². The average Bonchev–Trinajstić information content (AvgIpc) is 3.06. The van der Waals surface area contributed by atoms with Crippen molar-refractivity contribution < 1.29 is 23.8 Å². The number of nitrogens with one attached hydrogen (secondary N) is 1. The van der Waals surface area contributed by atoms with Crippen molar-refractivity contribution in [1.82, 2.24) is 9.55 Å². The molecule has 0 aliphatic carbocycles. The Morgan fingerprint density at radius 2 is 2.32 bits per heavy atom. The fraction of sp³-hybridized carbons (Fsp3) is 0.267. The molecule has 1 saturated heterocycles. The zero-order chi connectivity index (χ0) is 18.0. The maximum absolute atomic E-state index is 14.2. The molecule has 1 aromatic carbocycles. The summed E-state index contributed by atoms with van der Waals surface area (Å²) in [6.07, 6.45) is -0.942. The molecule has 1 aromatic heterocycles. The van der Waals surface area contributed by atoms with Crippen LogP contribution in [0.3, 0.4) is 0 Å². The predicted molar refractivity (Wildman–Crippen MR) is 84.8 cm³/mol. The first-order chi connectivity index (χ1) is 12.0. The molecule has 0 unspecified atom stereocenters. The van der Waals surface area contributed by atoms with Crippen molar-refractivity contribution in [3.63, 3.8) is 0 Å². The third-order valence-electron chi connectivity index (χ3n) is 3.42. The largest absolute Gasteiger partial charge is 0.391 e. The summed E-state index contributed by atoms with van der Waals surface area (Å²) in [6.45, 7) is -0.435. The minimum atomic E-state index is -0.925. The molecule has 25 heavy (non-hydrogen) atoms. The van der Waals surface area contributed by atoms with Crippen LogP contribution in [0.5, 0.6) is 0 Å². The lowest BCUT2D eigenvalue weighted by molar-refractivity contribution is -0.0993. The zero-order valence-electron chi connectivity index (χ0n) is 12.7. The molecule has 0 radical (unpaired) electrons. The van der Waals surface area contributed by atoms with E-state index in [1.165, 1.54) is 12.1 Å². The Hall–Kier alpha value is -2.33.